The Balaban J connectivity index is 2.99. The molecule has 0 aliphatic rings. The third kappa shape index (κ3) is 4.85. The zero-order valence-electron chi connectivity index (χ0n) is 12.2. The number of carbonyl (C=O) groups is 1. The molecule has 0 unspecified atom stereocenters. The van der Waals surface area contributed by atoms with Crippen LogP contribution in [0.3, 0.4) is 0 Å². The first-order chi connectivity index (χ1) is 9.02. The van der Waals surface area contributed by atoms with Crippen LogP contribution in [0.5, 0.6) is 0 Å². The van der Waals surface area contributed by atoms with Crippen molar-refractivity contribution in [2.75, 3.05) is 10.5 Å². The van der Waals surface area contributed by atoms with Gasteiger partial charge in [0.25, 0.3) is 0 Å². The number of aryl methyl sites for hydroxylation is 1. The Labute approximate surface area is 120 Å². The van der Waals surface area contributed by atoms with Crippen molar-refractivity contribution in [3.8, 4) is 0 Å². The normalized spacial score (nSPS) is 12.2. The van der Waals surface area contributed by atoms with E-state index in [1.165, 1.54) is 6.07 Å². The Morgan fingerprint density at radius 1 is 1.30 bits per heavy atom. The highest BCUT2D eigenvalue weighted by molar-refractivity contribution is 7.92. The summed E-state index contributed by atoms with van der Waals surface area (Å²) in [6.07, 6.45) is 0.497. The van der Waals surface area contributed by atoms with Crippen molar-refractivity contribution in [2.24, 2.45) is 5.41 Å². The average Bonchev–Trinajstić information content (AvgIpc) is 2.24. The number of rotatable bonds is 5. The maximum atomic E-state index is 12.0. The van der Waals surface area contributed by atoms with Crippen LogP contribution in [-0.4, -0.2) is 25.2 Å². The highest BCUT2D eigenvalue weighted by Gasteiger charge is 2.20. The predicted molar refractivity (Wildman–Crippen MR) is 79.6 cm³/mol. The fraction of sp³-hybridized carbons (Fsp3) is 0.500. The Morgan fingerprint density at radius 2 is 1.90 bits per heavy atom. The third-order valence-corrected chi connectivity index (χ3v) is 4.15. The van der Waals surface area contributed by atoms with E-state index in [2.05, 4.69) is 4.72 Å². The van der Waals surface area contributed by atoms with E-state index in [0.717, 1.165) is 0 Å². The molecule has 1 aromatic carbocycles. The highest BCUT2D eigenvalue weighted by atomic mass is 32.2. The van der Waals surface area contributed by atoms with Gasteiger partial charge in [0.05, 0.1) is 17.0 Å². The summed E-state index contributed by atoms with van der Waals surface area (Å²) < 4.78 is 26.4. The zero-order valence-corrected chi connectivity index (χ0v) is 13.0. The summed E-state index contributed by atoms with van der Waals surface area (Å²) >= 11 is 0. The van der Waals surface area contributed by atoms with E-state index in [1.807, 2.05) is 20.8 Å². The lowest BCUT2D eigenvalue weighted by atomic mass is 9.94. The molecule has 1 aromatic rings. The van der Waals surface area contributed by atoms with Gasteiger partial charge >= 0.3 is 5.97 Å². The van der Waals surface area contributed by atoms with E-state index < -0.39 is 16.0 Å². The molecule has 0 bridgehead atoms. The standard InChI is InChI=1S/C14H21NO4S/c1-10-6-5-7-11(12(10)13(16)17)15-20(18,19)9-8-14(2,3)4/h5-7,15H,8-9H2,1-4H3,(H,16,17). The predicted octanol–water partition coefficient (Wildman–Crippen LogP) is 2.87. The van der Waals surface area contributed by atoms with Crippen LogP contribution in [0.1, 0.15) is 43.1 Å². The van der Waals surface area contributed by atoms with Gasteiger partial charge in [-0.15, -0.1) is 0 Å². The van der Waals surface area contributed by atoms with Crippen LogP contribution < -0.4 is 4.72 Å². The van der Waals surface area contributed by atoms with Gasteiger partial charge in [0.2, 0.25) is 10.0 Å². The van der Waals surface area contributed by atoms with Crippen LogP contribution in [0.2, 0.25) is 0 Å². The second-order valence-electron chi connectivity index (χ2n) is 6.03. The van der Waals surface area contributed by atoms with Gasteiger partial charge in [-0.25, -0.2) is 13.2 Å². The first kappa shape index (κ1) is 16.5. The van der Waals surface area contributed by atoms with E-state index in [0.29, 0.717) is 12.0 Å². The number of hydrogen-bond acceptors (Lipinski definition) is 3. The molecule has 0 amide bonds. The summed E-state index contributed by atoms with van der Waals surface area (Å²) in [6, 6.07) is 4.73. The largest absolute Gasteiger partial charge is 0.478 e. The van der Waals surface area contributed by atoms with Crippen molar-refractivity contribution in [2.45, 2.75) is 34.1 Å². The monoisotopic (exact) mass is 299 g/mol. The second-order valence-corrected chi connectivity index (χ2v) is 7.88. The number of hydrogen-bond donors (Lipinski definition) is 2. The molecule has 0 saturated carbocycles. The number of carboxylic acids is 1. The smallest absolute Gasteiger partial charge is 0.338 e. The molecule has 5 nitrogen and oxygen atoms in total. The van der Waals surface area contributed by atoms with Crippen LogP contribution in [0.15, 0.2) is 18.2 Å². The maximum absolute atomic E-state index is 12.0. The summed E-state index contributed by atoms with van der Waals surface area (Å²) in [5.74, 6) is -1.18. The lowest BCUT2D eigenvalue weighted by molar-refractivity contribution is 0.0697. The van der Waals surface area contributed by atoms with Gasteiger partial charge in [0.15, 0.2) is 0 Å². The molecule has 0 atom stereocenters. The van der Waals surface area contributed by atoms with Crippen molar-refractivity contribution in [1.29, 1.82) is 0 Å². The molecule has 0 saturated heterocycles. The Hall–Kier alpha value is -1.56. The van der Waals surface area contributed by atoms with Gasteiger partial charge in [-0.2, -0.15) is 0 Å². The Kier molecular flexibility index (Phi) is 4.81. The minimum absolute atomic E-state index is 0.00756. The molecule has 0 radical (unpaired) electrons. The number of carboxylic acid groups (broad SMARTS) is 1. The molecule has 0 fully saturated rings. The molecule has 20 heavy (non-hydrogen) atoms. The zero-order chi connectivity index (χ0) is 15.6. The minimum atomic E-state index is -3.55. The molecule has 0 aromatic heterocycles. The number of aromatic carboxylic acids is 1. The first-order valence-corrected chi connectivity index (χ1v) is 8.00. The van der Waals surface area contributed by atoms with Gasteiger partial charge in [-0.1, -0.05) is 32.9 Å². The lowest BCUT2D eigenvalue weighted by Crippen LogP contribution is -2.22. The Bertz CT molecular complexity index is 600. The first-order valence-electron chi connectivity index (χ1n) is 6.35. The number of sulfonamides is 1. The molecule has 0 aliphatic heterocycles. The molecular formula is C14H21NO4S. The molecule has 0 spiro atoms. The van der Waals surface area contributed by atoms with Gasteiger partial charge < -0.3 is 5.11 Å². The third-order valence-electron chi connectivity index (χ3n) is 2.87. The summed E-state index contributed by atoms with van der Waals surface area (Å²) in [6.45, 7) is 7.50. The van der Waals surface area contributed by atoms with E-state index >= 15 is 0 Å². The molecule has 0 aliphatic carbocycles. The summed E-state index contributed by atoms with van der Waals surface area (Å²) in [5.41, 5.74) is 0.531. The summed E-state index contributed by atoms with van der Waals surface area (Å²) in [5, 5.41) is 9.17. The molecule has 0 heterocycles. The van der Waals surface area contributed by atoms with Crippen molar-refractivity contribution in [1.82, 2.24) is 0 Å². The fourth-order valence-corrected chi connectivity index (χ4v) is 3.18. The summed E-state index contributed by atoms with van der Waals surface area (Å²) in [4.78, 5) is 11.2. The van der Waals surface area contributed by atoms with E-state index in [1.54, 1.807) is 19.1 Å². The van der Waals surface area contributed by atoms with Crippen LogP contribution in [0.4, 0.5) is 5.69 Å². The average molecular weight is 299 g/mol. The fourth-order valence-electron chi connectivity index (χ4n) is 1.70. The van der Waals surface area contributed by atoms with Gasteiger partial charge in [-0.05, 0) is 30.4 Å². The van der Waals surface area contributed by atoms with Crippen molar-refractivity contribution < 1.29 is 18.3 Å². The van der Waals surface area contributed by atoms with Gasteiger partial charge in [0.1, 0.15) is 0 Å². The van der Waals surface area contributed by atoms with E-state index in [-0.39, 0.29) is 22.4 Å². The van der Waals surface area contributed by atoms with Crippen LogP contribution >= 0.6 is 0 Å². The molecule has 2 N–H and O–H groups in total. The van der Waals surface area contributed by atoms with Crippen molar-refractivity contribution in [3.63, 3.8) is 0 Å². The molecule has 1 rings (SSSR count). The lowest BCUT2D eigenvalue weighted by Gasteiger charge is -2.18. The number of anilines is 1. The van der Waals surface area contributed by atoms with Gasteiger partial charge in [-0.3, -0.25) is 4.72 Å². The topological polar surface area (TPSA) is 83.5 Å². The van der Waals surface area contributed by atoms with Crippen LogP contribution in [0, 0.1) is 12.3 Å². The summed E-state index contributed by atoms with van der Waals surface area (Å²) in [7, 11) is -3.55. The maximum Gasteiger partial charge on any atom is 0.338 e. The second kappa shape index (κ2) is 5.83. The SMILES string of the molecule is Cc1cccc(NS(=O)(=O)CCC(C)(C)C)c1C(=O)O. The van der Waals surface area contributed by atoms with Crippen LogP contribution in [0.25, 0.3) is 0 Å². The van der Waals surface area contributed by atoms with Crippen molar-refractivity contribution >= 4 is 21.7 Å². The number of nitrogens with one attached hydrogen (secondary N) is 1. The Morgan fingerprint density at radius 3 is 2.40 bits per heavy atom. The van der Waals surface area contributed by atoms with Crippen molar-refractivity contribution in [3.05, 3.63) is 29.3 Å². The quantitative estimate of drug-likeness (QED) is 0.875. The number of benzene rings is 1. The highest BCUT2D eigenvalue weighted by Crippen LogP contribution is 2.23. The van der Waals surface area contributed by atoms with E-state index in [9.17, 15) is 13.2 Å². The minimum Gasteiger partial charge on any atom is -0.478 e. The molecule has 6 heteroatoms. The molecular weight excluding hydrogens is 278 g/mol. The van der Waals surface area contributed by atoms with Crippen LogP contribution in [-0.2, 0) is 10.0 Å². The van der Waals surface area contributed by atoms with Gasteiger partial charge in [0, 0.05) is 0 Å². The van der Waals surface area contributed by atoms with E-state index in [4.69, 9.17) is 5.11 Å². The molecule has 112 valence electrons.